The molecule has 8 nitrogen and oxygen atoms in total. The van der Waals surface area contributed by atoms with E-state index in [1.54, 1.807) is 16.7 Å². The van der Waals surface area contributed by atoms with Crippen LogP contribution in [0.5, 0.6) is 0 Å². The summed E-state index contributed by atoms with van der Waals surface area (Å²) in [5, 5.41) is 7.57. The summed E-state index contributed by atoms with van der Waals surface area (Å²) in [6.07, 6.45) is -0.281. The van der Waals surface area contributed by atoms with Crippen molar-refractivity contribution >= 4 is 55.0 Å². The Morgan fingerprint density at radius 3 is 2.49 bits per heavy atom. The molecule has 2 atom stereocenters. The van der Waals surface area contributed by atoms with Crippen LogP contribution in [-0.2, 0) is 31.8 Å². The molecule has 0 aliphatic carbocycles. The number of β-lactam (4-membered cyclic amide) rings is 1. The number of thiophene rings is 1. The van der Waals surface area contributed by atoms with E-state index in [1.165, 1.54) is 11.3 Å². The fourth-order valence-electron chi connectivity index (χ4n) is 4.00. The van der Waals surface area contributed by atoms with Crippen molar-refractivity contribution in [1.29, 1.82) is 0 Å². The number of hydrogen-bond donors (Lipinski definition) is 2. The second kappa shape index (κ2) is 11.9. The van der Waals surface area contributed by atoms with Gasteiger partial charge in [0, 0.05) is 22.0 Å². The average Bonchev–Trinajstić information content (AvgIpc) is 3.38. The Morgan fingerprint density at radius 1 is 1.13 bits per heavy atom. The maximum Gasteiger partial charge on any atom is 0.411 e. The Labute approximate surface area is 239 Å². The second-order valence-electron chi connectivity index (χ2n) is 11.3. The number of anilines is 1. The number of thioether (sulfide) groups is 1. The van der Waals surface area contributed by atoms with E-state index in [0.717, 1.165) is 21.7 Å². The highest BCUT2D eigenvalue weighted by molar-refractivity contribution is 8.00. The van der Waals surface area contributed by atoms with Crippen molar-refractivity contribution in [1.82, 2.24) is 10.2 Å². The average molecular weight is 588 g/mol. The first kappa shape index (κ1) is 29.4. The Hall–Kier alpha value is -2.60. The lowest BCUT2D eigenvalue weighted by atomic mass is 10.0. The standard InChI is InChI=1S/C28H37N3O5S2Si/c1-18-20(17-38-26-24(25(33)31(18)26)30-23(32)14-22-8-7-13-37-22)16-35-27(34)29-21-11-9-19(10-12-21)15-36-39(5,6)28(2,3)4/h7-13,24,26H,14-17H2,1-6H3,(H,29,34)(H,30,32)/t24-,26-/m1/s1. The van der Waals surface area contributed by atoms with Gasteiger partial charge in [-0.2, -0.15) is 0 Å². The third kappa shape index (κ3) is 6.94. The summed E-state index contributed by atoms with van der Waals surface area (Å²) in [7, 11) is -1.83. The normalized spacial score (nSPS) is 19.3. The molecule has 39 heavy (non-hydrogen) atoms. The lowest BCUT2D eigenvalue weighted by Gasteiger charge is -2.50. The van der Waals surface area contributed by atoms with E-state index in [0.29, 0.717) is 18.0 Å². The molecule has 3 amide bonds. The predicted octanol–water partition coefficient (Wildman–Crippen LogP) is 5.74. The van der Waals surface area contributed by atoms with E-state index in [9.17, 15) is 14.4 Å². The van der Waals surface area contributed by atoms with Crippen LogP contribution in [-0.4, -0.2) is 54.9 Å². The molecule has 11 heteroatoms. The van der Waals surface area contributed by atoms with Gasteiger partial charge in [0.05, 0.1) is 13.0 Å². The van der Waals surface area contributed by atoms with Crippen LogP contribution in [0.3, 0.4) is 0 Å². The first-order valence-corrected chi connectivity index (χ1v) is 17.8. The van der Waals surface area contributed by atoms with E-state index in [1.807, 2.05) is 48.7 Å². The van der Waals surface area contributed by atoms with E-state index in [2.05, 4.69) is 44.5 Å². The molecule has 4 rings (SSSR count). The minimum absolute atomic E-state index is 0.0923. The Kier molecular flexibility index (Phi) is 8.94. The van der Waals surface area contributed by atoms with Gasteiger partial charge < -0.3 is 14.5 Å². The summed E-state index contributed by atoms with van der Waals surface area (Å²) in [4.78, 5) is 40.2. The fraction of sp³-hybridized carbons (Fsp3) is 0.464. The van der Waals surface area contributed by atoms with Crippen molar-refractivity contribution in [3.63, 3.8) is 0 Å². The predicted molar refractivity (Wildman–Crippen MR) is 159 cm³/mol. The zero-order valence-electron chi connectivity index (χ0n) is 23.3. The molecular weight excluding hydrogens is 551 g/mol. The zero-order valence-corrected chi connectivity index (χ0v) is 26.0. The van der Waals surface area contributed by atoms with Gasteiger partial charge in [0.1, 0.15) is 18.0 Å². The van der Waals surface area contributed by atoms with Gasteiger partial charge in [-0.1, -0.05) is 39.0 Å². The fourth-order valence-corrected chi connectivity index (χ4v) is 7.11. The van der Waals surface area contributed by atoms with Crippen LogP contribution in [0.25, 0.3) is 0 Å². The molecular formula is C28H37N3O5S2Si. The van der Waals surface area contributed by atoms with E-state index < -0.39 is 20.5 Å². The number of nitrogens with one attached hydrogen (secondary N) is 2. The molecule has 2 aliphatic heterocycles. The van der Waals surface area contributed by atoms with Crippen LogP contribution in [0.2, 0.25) is 18.1 Å². The Bertz CT molecular complexity index is 1240. The lowest BCUT2D eigenvalue weighted by molar-refractivity contribution is -0.145. The molecule has 3 heterocycles. The number of carbonyl (C=O) groups excluding carboxylic acids is 3. The summed E-state index contributed by atoms with van der Waals surface area (Å²) in [5.74, 6) is 0.330. The molecule has 1 aromatic heterocycles. The van der Waals surface area contributed by atoms with E-state index in [-0.39, 0.29) is 35.3 Å². The third-order valence-electron chi connectivity index (χ3n) is 7.56. The van der Waals surface area contributed by atoms with Crippen molar-refractivity contribution in [3.05, 3.63) is 63.5 Å². The number of benzene rings is 1. The van der Waals surface area contributed by atoms with E-state index in [4.69, 9.17) is 9.16 Å². The highest BCUT2D eigenvalue weighted by Crippen LogP contribution is 2.40. The van der Waals surface area contributed by atoms with Crippen molar-refractivity contribution < 1.29 is 23.5 Å². The molecule has 0 unspecified atom stereocenters. The third-order valence-corrected chi connectivity index (χ3v) is 14.3. The number of fused-ring (bicyclic) bond motifs is 1. The highest BCUT2D eigenvalue weighted by atomic mass is 32.2. The highest BCUT2D eigenvalue weighted by Gasteiger charge is 2.51. The van der Waals surface area contributed by atoms with Crippen LogP contribution >= 0.6 is 23.1 Å². The Balaban J connectivity index is 1.24. The molecule has 0 saturated carbocycles. The molecule has 1 saturated heterocycles. The van der Waals surface area contributed by atoms with Gasteiger partial charge in [0.25, 0.3) is 5.91 Å². The second-order valence-corrected chi connectivity index (χ2v) is 18.3. The van der Waals surface area contributed by atoms with Gasteiger partial charge in [-0.3, -0.25) is 19.8 Å². The summed E-state index contributed by atoms with van der Waals surface area (Å²) in [6.45, 7) is 13.6. The van der Waals surface area contributed by atoms with Crippen LogP contribution in [0, 0.1) is 0 Å². The largest absolute Gasteiger partial charge is 0.445 e. The minimum atomic E-state index is -1.83. The number of ether oxygens (including phenoxy) is 1. The van der Waals surface area contributed by atoms with Gasteiger partial charge in [0.15, 0.2) is 8.32 Å². The van der Waals surface area contributed by atoms with Crippen molar-refractivity contribution in [3.8, 4) is 0 Å². The molecule has 2 aliphatic rings. The van der Waals surface area contributed by atoms with Crippen LogP contribution in [0.1, 0.15) is 38.1 Å². The molecule has 2 aromatic rings. The number of allylic oxidation sites excluding steroid dienone is 1. The minimum Gasteiger partial charge on any atom is -0.445 e. The van der Waals surface area contributed by atoms with Crippen LogP contribution < -0.4 is 10.6 Å². The van der Waals surface area contributed by atoms with Crippen LogP contribution in [0.4, 0.5) is 10.5 Å². The zero-order chi connectivity index (χ0) is 28.4. The SMILES string of the molecule is CC1=C(COC(=O)Nc2ccc(CO[Si](C)(C)C(C)(C)C)cc2)CS[C@@H]2[C@H](NC(=O)Cc3cccs3)C(=O)N12. The van der Waals surface area contributed by atoms with Crippen molar-refractivity contribution in [2.24, 2.45) is 0 Å². The molecule has 0 bridgehead atoms. The van der Waals surface area contributed by atoms with Gasteiger partial charge in [-0.15, -0.1) is 23.1 Å². The van der Waals surface area contributed by atoms with Crippen molar-refractivity contribution in [2.75, 3.05) is 17.7 Å². The summed E-state index contributed by atoms with van der Waals surface area (Å²) in [5.41, 5.74) is 3.35. The number of nitrogens with zero attached hydrogens (tertiary/aromatic N) is 1. The molecule has 1 fully saturated rings. The number of amides is 3. The maximum absolute atomic E-state index is 12.8. The van der Waals surface area contributed by atoms with Gasteiger partial charge >= 0.3 is 6.09 Å². The Morgan fingerprint density at radius 2 is 1.85 bits per heavy atom. The number of carbonyl (C=O) groups is 3. The van der Waals surface area contributed by atoms with Crippen LogP contribution in [0.15, 0.2) is 53.0 Å². The summed E-state index contributed by atoms with van der Waals surface area (Å²) >= 11 is 3.09. The molecule has 210 valence electrons. The quantitative estimate of drug-likeness (QED) is 0.287. The topological polar surface area (TPSA) is 97.0 Å². The molecule has 1 aromatic carbocycles. The van der Waals surface area contributed by atoms with Gasteiger partial charge in [-0.25, -0.2) is 4.79 Å². The maximum atomic E-state index is 12.8. The smallest absolute Gasteiger partial charge is 0.411 e. The summed E-state index contributed by atoms with van der Waals surface area (Å²) < 4.78 is 11.7. The molecule has 2 N–H and O–H groups in total. The monoisotopic (exact) mass is 587 g/mol. The first-order valence-electron chi connectivity index (χ1n) is 13.0. The molecule has 0 spiro atoms. The van der Waals surface area contributed by atoms with Gasteiger partial charge in [-0.05, 0) is 59.8 Å². The van der Waals surface area contributed by atoms with Gasteiger partial charge in [0.2, 0.25) is 5.91 Å². The lowest BCUT2D eigenvalue weighted by Crippen LogP contribution is -2.69. The summed E-state index contributed by atoms with van der Waals surface area (Å²) in [6, 6.07) is 10.8. The first-order chi connectivity index (χ1) is 18.4. The number of hydrogen-bond acceptors (Lipinski definition) is 7. The number of rotatable bonds is 9. The molecule has 0 radical (unpaired) electrons. The van der Waals surface area contributed by atoms with E-state index >= 15 is 0 Å². The van der Waals surface area contributed by atoms with Crippen molar-refractivity contribution in [2.45, 2.75) is 70.3 Å².